The van der Waals surface area contributed by atoms with Gasteiger partial charge in [-0.2, -0.15) is 0 Å². The number of aryl methyl sites for hydroxylation is 1. The first-order chi connectivity index (χ1) is 12.6. The molecule has 0 aliphatic carbocycles. The zero-order chi connectivity index (χ0) is 17.8. The summed E-state index contributed by atoms with van der Waals surface area (Å²) in [7, 11) is 1.97. The first kappa shape index (κ1) is 14.7. The second kappa shape index (κ2) is 5.20. The average molecular weight is 344 g/mol. The van der Waals surface area contributed by atoms with E-state index in [1.165, 1.54) is 0 Å². The van der Waals surface area contributed by atoms with Gasteiger partial charge in [0.15, 0.2) is 11.5 Å². The summed E-state index contributed by atoms with van der Waals surface area (Å²) in [6.45, 7) is 0. The molecular weight excluding hydrogens is 328 g/mol. The van der Waals surface area contributed by atoms with Crippen molar-refractivity contribution < 1.29 is 14.9 Å². The highest BCUT2D eigenvalue weighted by Gasteiger charge is 2.16. The minimum absolute atomic E-state index is 0.0956. The number of hydrogen-bond acceptors (Lipinski definition) is 3. The summed E-state index contributed by atoms with van der Waals surface area (Å²) in [5.74, 6) is 1.38. The molecule has 5 aromatic rings. The van der Waals surface area contributed by atoms with Crippen molar-refractivity contribution in [3.05, 3.63) is 60.9 Å². The Bertz CT molecular complexity index is 1300. The third-order valence-electron chi connectivity index (χ3n) is 4.66. The Kier molecular flexibility index (Phi) is 2.94. The average Bonchev–Trinajstić information content (AvgIpc) is 3.16. The molecule has 0 aliphatic heterocycles. The van der Waals surface area contributed by atoms with Crippen LogP contribution >= 0.6 is 0 Å². The minimum atomic E-state index is 0.0956. The van der Waals surface area contributed by atoms with Gasteiger partial charge in [0.05, 0.1) is 11.0 Å². The summed E-state index contributed by atoms with van der Waals surface area (Å²) in [5, 5.41) is 23.9. The van der Waals surface area contributed by atoms with E-state index in [4.69, 9.17) is 4.74 Å². The Morgan fingerprint density at radius 3 is 2.50 bits per heavy atom. The summed E-state index contributed by atoms with van der Waals surface area (Å²) in [5.41, 5.74) is 1.78. The summed E-state index contributed by atoms with van der Waals surface area (Å²) in [6.07, 6.45) is 4.05. The van der Waals surface area contributed by atoms with Gasteiger partial charge in [0.2, 0.25) is 0 Å². The van der Waals surface area contributed by atoms with Crippen LogP contribution < -0.4 is 4.74 Å². The maximum Gasteiger partial charge on any atom is 0.169 e. The van der Waals surface area contributed by atoms with Crippen LogP contribution in [0.4, 0.5) is 0 Å². The first-order valence-corrected chi connectivity index (χ1v) is 8.29. The van der Waals surface area contributed by atoms with Gasteiger partial charge in [0.1, 0.15) is 11.5 Å². The molecule has 0 radical (unpaired) electrons. The number of phenols is 2. The fourth-order valence-electron chi connectivity index (χ4n) is 3.54. The lowest BCUT2D eigenvalue weighted by molar-refractivity contribution is 0.414. The SMILES string of the molecule is Cn1cc2c(Oc3ccccc3O)cc3[nH]c4cc(O)ccc4c3c2c1. The third-order valence-corrected chi connectivity index (χ3v) is 4.66. The van der Waals surface area contributed by atoms with Crippen LogP contribution in [0, 0.1) is 0 Å². The van der Waals surface area contributed by atoms with Crippen LogP contribution in [-0.2, 0) is 7.05 Å². The zero-order valence-corrected chi connectivity index (χ0v) is 14.0. The van der Waals surface area contributed by atoms with E-state index in [9.17, 15) is 10.2 Å². The van der Waals surface area contributed by atoms with Crippen molar-refractivity contribution >= 4 is 32.6 Å². The van der Waals surface area contributed by atoms with Crippen LogP contribution in [-0.4, -0.2) is 19.8 Å². The van der Waals surface area contributed by atoms with Gasteiger partial charge in [0, 0.05) is 53.1 Å². The maximum absolute atomic E-state index is 10.0. The van der Waals surface area contributed by atoms with E-state index < -0.39 is 0 Å². The number of H-pyrrole nitrogens is 1. The highest BCUT2D eigenvalue weighted by atomic mass is 16.5. The third kappa shape index (κ3) is 2.10. The molecule has 0 bridgehead atoms. The molecule has 2 heterocycles. The van der Waals surface area contributed by atoms with E-state index >= 15 is 0 Å². The van der Waals surface area contributed by atoms with Gasteiger partial charge >= 0.3 is 0 Å². The van der Waals surface area contributed by atoms with Gasteiger partial charge in [0.25, 0.3) is 0 Å². The second-order valence-electron chi connectivity index (χ2n) is 6.47. The van der Waals surface area contributed by atoms with Crippen LogP contribution in [0.15, 0.2) is 60.9 Å². The monoisotopic (exact) mass is 344 g/mol. The largest absolute Gasteiger partial charge is 0.508 e. The molecule has 26 heavy (non-hydrogen) atoms. The second-order valence-corrected chi connectivity index (χ2v) is 6.47. The van der Waals surface area contributed by atoms with Crippen molar-refractivity contribution in [1.82, 2.24) is 9.55 Å². The Labute approximate surface area is 148 Å². The Morgan fingerprint density at radius 1 is 0.846 bits per heavy atom. The normalized spacial score (nSPS) is 11.6. The number of para-hydroxylation sites is 2. The molecule has 5 heteroatoms. The number of nitrogens with zero attached hydrogens (tertiary/aromatic N) is 1. The first-order valence-electron chi connectivity index (χ1n) is 8.29. The molecule has 0 saturated heterocycles. The van der Waals surface area contributed by atoms with E-state index in [0.717, 1.165) is 32.6 Å². The van der Waals surface area contributed by atoms with E-state index in [-0.39, 0.29) is 11.5 Å². The highest BCUT2D eigenvalue weighted by molar-refractivity contribution is 6.21. The highest BCUT2D eigenvalue weighted by Crippen LogP contribution is 2.41. The number of phenolic OH excluding ortho intramolecular Hbond substituents is 2. The van der Waals surface area contributed by atoms with Gasteiger partial charge in [-0.3, -0.25) is 0 Å². The van der Waals surface area contributed by atoms with Crippen molar-refractivity contribution in [3.63, 3.8) is 0 Å². The van der Waals surface area contributed by atoms with Crippen molar-refractivity contribution in [2.24, 2.45) is 7.05 Å². The van der Waals surface area contributed by atoms with Crippen molar-refractivity contribution in [2.45, 2.75) is 0 Å². The number of benzene rings is 3. The maximum atomic E-state index is 10.0. The number of ether oxygens (including phenoxy) is 1. The zero-order valence-electron chi connectivity index (χ0n) is 14.0. The molecule has 3 N–H and O–H groups in total. The molecule has 2 aromatic heterocycles. The van der Waals surface area contributed by atoms with Gasteiger partial charge in [-0.25, -0.2) is 0 Å². The molecule has 0 atom stereocenters. The quantitative estimate of drug-likeness (QED) is 0.421. The lowest BCUT2D eigenvalue weighted by Gasteiger charge is -2.09. The Morgan fingerprint density at radius 2 is 1.65 bits per heavy atom. The fraction of sp³-hybridized carbons (Fsp3) is 0.0476. The predicted molar refractivity (Wildman–Crippen MR) is 102 cm³/mol. The molecule has 0 amide bonds. The standard InChI is InChI=1S/C21H16N2O3/c1-23-10-14-15(11-23)21-13-7-6-12(24)8-16(13)22-17(21)9-20(14)26-19-5-3-2-4-18(19)25/h2-11,22,24-25H,1H3. The van der Waals surface area contributed by atoms with Crippen LogP contribution in [0.3, 0.4) is 0 Å². The predicted octanol–water partition coefficient (Wildman–Crippen LogP) is 5.02. The lowest BCUT2D eigenvalue weighted by Crippen LogP contribution is -1.86. The number of rotatable bonds is 2. The van der Waals surface area contributed by atoms with Crippen molar-refractivity contribution in [1.29, 1.82) is 0 Å². The van der Waals surface area contributed by atoms with Crippen LogP contribution in [0.5, 0.6) is 23.0 Å². The summed E-state index contributed by atoms with van der Waals surface area (Å²) >= 11 is 0. The van der Waals surface area contributed by atoms with E-state index in [2.05, 4.69) is 11.2 Å². The Hall–Kier alpha value is -3.60. The van der Waals surface area contributed by atoms with Crippen molar-refractivity contribution in [2.75, 3.05) is 0 Å². The summed E-state index contributed by atoms with van der Waals surface area (Å²) in [6, 6.07) is 14.2. The van der Waals surface area contributed by atoms with Gasteiger partial charge in [-0.05, 0) is 24.3 Å². The summed E-state index contributed by atoms with van der Waals surface area (Å²) < 4.78 is 8.02. The number of aromatic amines is 1. The number of aromatic hydroxyl groups is 2. The number of nitrogens with one attached hydrogen (secondary N) is 1. The molecule has 0 unspecified atom stereocenters. The summed E-state index contributed by atoms with van der Waals surface area (Å²) in [4.78, 5) is 3.35. The van der Waals surface area contributed by atoms with Crippen LogP contribution in [0.2, 0.25) is 0 Å². The molecule has 3 aromatic carbocycles. The molecule has 0 spiro atoms. The molecule has 0 aliphatic rings. The van der Waals surface area contributed by atoms with Gasteiger partial charge < -0.3 is 24.5 Å². The smallest absolute Gasteiger partial charge is 0.169 e. The minimum Gasteiger partial charge on any atom is -0.508 e. The van der Waals surface area contributed by atoms with Gasteiger partial charge in [-0.15, -0.1) is 0 Å². The van der Waals surface area contributed by atoms with E-state index in [1.54, 1.807) is 30.3 Å². The number of fused-ring (bicyclic) bond motifs is 5. The van der Waals surface area contributed by atoms with Crippen molar-refractivity contribution in [3.8, 4) is 23.0 Å². The molecule has 0 saturated carbocycles. The molecule has 5 rings (SSSR count). The molecular formula is C21H16N2O3. The molecule has 128 valence electrons. The van der Waals surface area contributed by atoms with E-state index in [1.807, 2.05) is 36.0 Å². The molecule has 0 fully saturated rings. The number of aromatic nitrogens is 2. The Balaban J connectivity index is 1.83. The van der Waals surface area contributed by atoms with Crippen LogP contribution in [0.1, 0.15) is 0 Å². The fourth-order valence-corrected chi connectivity index (χ4v) is 3.54. The lowest BCUT2D eigenvalue weighted by atomic mass is 10.1. The number of hydrogen-bond donors (Lipinski definition) is 3. The topological polar surface area (TPSA) is 70.4 Å². The van der Waals surface area contributed by atoms with Crippen LogP contribution in [0.25, 0.3) is 32.6 Å². The van der Waals surface area contributed by atoms with E-state index in [0.29, 0.717) is 11.5 Å². The van der Waals surface area contributed by atoms with Gasteiger partial charge in [-0.1, -0.05) is 12.1 Å². The molecule has 5 nitrogen and oxygen atoms in total.